The van der Waals surface area contributed by atoms with Gasteiger partial charge in [-0.25, -0.2) is 9.97 Å². The first-order valence-corrected chi connectivity index (χ1v) is 4.78. The van der Waals surface area contributed by atoms with Gasteiger partial charge in [-0.3, -0.25) is 4.79 Å². The summed E-state index contributed by atoms with van der Waals surface area (Å²) < 4.78 is 0. The van der Waals surface area contributed by atoms with Gasteiger partial charge in [0.15, 0.2) is 5.65 Å². The maximum atomic E-state index is 11.0. The van der Waals surface area contributed by atoms with E-state index in [0.717, 1.165) is 0 Å². The number of hydrogen-bond acceptors (Lipinski definition) is 6. The van der Waals surface area contributed by atoms with Crippen molar-refractivity contribution in [1.29, 1.82) is 0 Å². The number of aliphatic hydroxyl groups excluding tert-OH is 1. The van der Waals surface area contributed by atoms with Gasteiger partial charge in [0.25, 0.3) is 5.56 Å². The lowest BCUT2D eigenvalue weighted by molar-refractivity contribution is 0.281. The first-order valence-electron chi connectivity index (χ1n) is 4.78. The number of H-pyrrole nitrogens is 1. The van der Waals surface area contributed by atoms with Crippen LogP contribution in [0.4, 0.5) is 5.95 Å². The van der Waals surface area contributed by atoms with Crippen LogP contribution in [-0.2, 0) is 0 Å². The molecule has 2 aromatic rings. The fourth-order valence-corrected chi connectivity index (χ4v) is 1.17. The molecule has 2 aromatic heterocycles. The highest BCUT2D eigenvalue weighted by molar-refractivity contribution is 5.68. The maximum absolute atomic E-state index is 11.0. The van der Waals surface area contributed by atoms with Gasteiger partial charge in [0, 0.05) is 6.04 Å². The molecular weight excluding hydrogens is 210 g/mol. The van der Waals surface area contributed by atoms with Crippen LogP contribution in [0.3, 0.4) is 0 Å². The zero-order valence-corrected chi connectivity index (χ0v) is 8.64. The van der Waals surface area contributed by atoms with Crippen molar-refractivity contribution in [2.45, 2.75) is 13.0 Å². The smallest absolute Gasteiger partial charge is 0.268 e. The van der Waals surface area contributed by atoms with Gasteiger partial charge in [0.2, 0.25) is 5.95 Å². The summed E-state index contributed by atoms with van der Waals surface area (Å²) in [6, 6.07) is -0.152. The second-order valence-corrected chi connectivity index (χ2v) is 3.40. The normalized spacial score (nSPS) is 12.6. The molecule has 0 bridgehead atoms. The summed E-state index contributed by atoms with van der Waals surface area (Å²) >= 11 is 0. The molecule has 3 N–H and O–H groups in total. The molecule has 7 nitrogen and oxygen atoms in total. The summed E-state index contributed by atoms with van der Waals surface area (Å²) in [4.78, 5) is 25.5. The Bertz CT molecular complexity index is 553. The molecule has 16 heavy (non-hydrogen) atoms. The first kappa shape index (κ1) is 10.5. The van der Waals surface area contributed by atoms with Gasteiger partial charge in [-0.15, -0.1) is 0 Å². The maximum Gasteiger partial charge on any atom is 0.268 e. The Labute approximate surface area is 90.6 Å². The average Bonchev–Trinajstić information content (AvgIpc) is 2.28. The highest BCUT2D eigenvalue weighted by Gasteiger charge is 2.04. The molecule has 0 aromatic carbocycles. The average molecular weight is 221 g/mol. The molecular formula is C9H11N5O2. The molecule has 1 atom stereocenters. The van der Waals surface area contributed by atoms with Gasteiger partial charge in [-0.05, 0) is 6.92 Å². The van der Waals surface area contributed by atoms with Crippen LogP contribution < -0.4 is 10.9 Å². The quantitative estimate of drug-likeness (QED) is 0.645. The Morgan fingerprint density at radius 2 is 2.31 bits per heavy atom. The third-order valence-corrected chi connectivity index (χ3v) is 1.98. The molecule has 0 amide bonds. The van der Waals surface area contributed by atoms with Gasteiger partial charge in [0.05, 0.1) is 19.0 Å². The van der Waals surface area contributed by atoms with Gasteiger partial charge in [0.1, 0.15) is 5.52 Å². The molecule has 7 heteroatoms. The van der Waals surface area contributed by atoms with Crippen molar-refractivity contribution < 1.29 is 5.11 Å². The minimum absolute atomic E-state index is 0.0229. The Morgan fingerprint density at radius 3 is 3.06 bits per heavy atom. The Morgan fingerprint density at radius 1 is 1.50 bits per heavy atom. The highest BCUT2D eigenvalue weighted by atomic mass is 16.3. The third kappa shape index (κ3) is 2.14. The molecule has 2 rings (SSSR count). The summed E-state index contributed by atoms with van der Waals surface area (Å²) in [6.45, 7) is 1.77. The van der Waals surface area contributed by atoms with Crippen molar-refractivity contribution in [2.75, 3.05) is 11.9 Å². The van der Waals surface area contributed by atoms with Crippen LogP contribution >= 0.6 is 0 Å². The predicted molar refractivity (Wildman–Crippen MR) is 58.1 cm³/mol. The van der Waals surface area contributed by atoms with Crippen molar-refractivity contribution in [2.24, 2.45) is 0 Å². The van der Waals surface area contributed by atoms with Gasteiger partial charge in [-0.2, -0.15) is 4.98 Å². The minimum atomic E-state index is -0.313. The number of nitrogens with zero attached hydrogens (tertiary/aromatic N) is 3. The summed E-state index contributed by atoms with van der Waals surface area (Å²) in [7, 11) is 0. The van der Waals surface area contributed by atoms with Crippen LogP contribution in [0.15, 0.2) is 17.2 Å². The largest absolute Gasteiger partial charge is 0.394 e. The van der Waals surface area contributed by atoms with Crippen molar-refractivity contribution in [1.82, 2.24) is 19.9 Å². The summed E-state index contributed by atoms with van der Waals surface area (Å²) in [6.07, 6.45) is 2.68. The van der Waals surface area contributed by atoms with E-state index in [9.17, 15) is 4.79 Å². The summed E-state index contributed by atoms with van der Waals surface area (Å²) in [5.74, 6) is 0.345. The summed E-state index contributed by atoms with van der Waals surface area (Å²) in [5.41, 5.74) is 0.573. The lowest BCUT2D eigenvalue weighted by Gasteiger charge is -2.09. The Kier molecular flexibility index (Phi) is 2.78. The highest BCUT2D eigenvalue weighted by Crippen LogP contribution is 2.05. The van der Waals surface area contributed by atoms with Gasteiger partial charge < -0.3 is 15.4 Å². The molecule has 0 aliphatic rings. The topological polar surface area (TPSA) is 104 Å². The van der Waals surface area contributed by atoms with Crippen LogP contribution in [0.5, 0.6) is 0 Å². The fraction of sp³-hybridized carbons (Fsp3) is 0.333. The third-order valence-electron chi connectivity index (χ3n) is 1.98. The van der Waals surface area contributed by atoms with E-state index in [0.29, 0.717) is 17.1 Å². The van der Waals surface area contributed by atoms with E-state index in [2.05, 4.69) is 25.3 Å². The van der Waals surface area contributed by atoms with E-state index >= 15 is 0 Å². The van der Waals surface area contributed by atoms with E-state index in [-0.39, 0.29) is 18.2 Å². The standard InChI is InChI=1S/C9H11N5O2/c1-5(4-15)12-9-11-2-6-8(14-9)13-7(16)3-10-6/h2-3,5,15H,4H2,1H3,(H2,11,12,13,14,16)/t5-/m1/s1. The number of aliphatic hydroxyl groups is 1. The molecule has 0 unspecified atom stereocenters. The van der Waals surface area contributed by atoms with E-state index < -0.39 is 0 Å². The number of fused-ring (bicyclic) bond motifs is 1. The zero-order chi connectivity index (χ0) is 11.5. The zero-order valence-electron chi connectivity index (χ0n) is 8.64. The van der Waals surface area contributed by atoms with Crippen molar-refractivity contribution >= 4 is 17.1 Å². The fourth-order valence-electron chi connectivity index (χ4n) is 1.17. The van der Waals surface area contributed by atoms with E-state index in [1.54, 1.807) is 6.92 Å². The molecule has 0 saturated carbocycles. The van der Waals surface area contributed by atoms with Crippen molar-refractivity contribution in [3.05, 3.63) is 22.7 Å². The number of aromatic nitrogens is 4. The lowest BCUT2D eigenvalue weighted by Crippen LogP contribution is -2.21. The number of nitrogens with one attached hydrogen (secondary N) is 2. The van der Waals surface area contributed by atoms with Crippen molar-refractivity contribution in [3.63, 3.8) is 0 Å². The van der Waals surface area contributed by atoms with Crippen LogP contribution in [0, 0.1) is 0 Å². The molecule has 0 saturated heterocycles. The molecule has 84 valence electrons. The van der Waals surface area contributed by atoms with E-state index in [1.807, 2.05) is 0 Å². The molecule has 0 fully saturated rings. The van der Waals surface area contributed by atoms with Crippen LogP contribution in [0.1, 0.15) is 6.92 Å². The number of rotatable bonds is 3. The van der Waals surface area contributed by atoms with Crippen molar-refractivity contribution in [3.8, 4) is 0 Å². The lowest BCUT2D eigenvalue weighted by atomic mass is 10.4. The van der Waals surface area contributed by atoms with Crippen LogP contribution in [0.2, 0.25) is 0 Å². The Balaban J connectivity index is 2.39. The van der Waals surface area contributed by atoms with E-state index in [4.69, 9.17) is 5.11 Å². The molecule has 0 aliphatic carbocycles. The molecule has 2 heterocycles. The van der Waals surface area contributed by atoms with Crippen LogP contribution in [0.25, 0.3) is 11.2 Å². The summed E-state index contributed by atoms with van der Waals surface area (Å²) in [5, 5.41) is 11.7. The second-order valence-electron chi connectivity index (χ2n) is 3.40. The predicted octanol–water partition coefficient (Wildman–Crippen LogP) is -0.494. The second kappa shape index (κ2) is 4.23. The number of aromatic amines is 1. The monoisotopic (exact) mass is 221 g/mol. The van der Waals surface area contributed by atoms with Crippen LogP contribution in [-0.4, -0.2) is 37.7 Å². The molecule has 0 radical (unpaired) electrons. The Hall–Kier alpha value is -2.02. The van der Waals surface area contributed by atoms with Gasteiger partial charge in [-0.1, -0.05) is 0 Å². The number of anilines is 1. The first-order chi connectivity index (χ1) is 7.69. The van der Waals surface area contributed by atoms with E-state index in [1.165, 1.54) is 12.4 Å². The molecule has 0 aliphatic heterocycles. The van der Waals surface area contributed by atoms with Gasteiger partial charge >= 0.3 is 0 Å². The minimum Gasteiger partial charge on any atom is -0.394 e. The number of hydrogen-bond donors (Lipinski definition) is 3. The molecule has 0 spiro atoms. The SMILES string of the molecule is C[C@H](CO)Nc1ncc2ncc(=O)[nH]c2n1.